The van der Waals surface area contributed by atoms with E-state index >= 15 is 0 Å². The zero-order valence-electron chi connectivity index (χ0n) is 13.7. The lowest BCUT2D eigenvalue weighted by Crippen LogP contribution is -2.31. The summed E-state index contributed by atoms with van der Waals surface area (Å²) < 4.78 is 1.22. The minimum atomic E-state index is 0.525. The van der Waals surface area contributed by atoms with Crippen LogP contribution in [0, 0.1) is 0 Å². The molecule has 0 unspecified atom stereocenters. The van der Waals surface area contributed by atoms with Gasteiger partial charge >= 0.3 is 0 Å². The number of hydrogen-bond acceptors (Lipinski definition) is 2. The van der Waals surface area contributed by atoms with Gasteiger partial charge in [-0.2, -0.15) is 0 Å². The van der Waals surface area contributed by atoms with Crippen LogP contribution in [-0.4, -0.2) is 19.1 Å². The molecule has 0 aliphatic heterocycles. The molecular weight excluding hydrogens is 324 g/mol. The fraction of sp³-hybridized carbons (Fsp3) is 0.667. The molecule has 3 heteroatoms. The van der Waals surface area contributed by atoms with Gasteiger partial charge in [-0.3, -0.25) is 0 Å². The summed E-state index contributed by atoms with van der Waals surface area (Å²) in [5.74, 6) is 0. The maximum Gasteiger partial charge on any atom is 0.0510 e. The Morgan fingerprint density at radius 1 is 1.19 bits per heavy atom. The second-order valence-electron chi connectivity index (χ2n) is 6.58. The van der Waals surface area contributed by atoms with Crippen molar-refractivity contribution in [2.75, 3.05) is 11.9 Å². The Morgan fingerprint density at radius 3 is 2.43 bits per heavy atom. The van der Waals surface area contributed by atoms with Gasteiger partial charge in [-0.15, -0.1) is 0 Å². The summed E-state index contributed by atoms with van der Waals surface area (Å²) in [7, 11) is 2.25. The summed E-state index contributed by atoms with van der Waals surface area (Å²) in [6, 6.07) is 8.01. The molecule has 0 radical (unpaired) electrons. The van der Waals surface area contributed by atoms with Gasteiger partial charge < -0.3 is 10.2 Å². The van der Waals surface area contributed by atoms with E-state index in [1.165, 1.54) is 54.2 Å². The zero-order valence-corrected chi connectivity index (χ0v) is 15.2. The van der Waals surface area contributed by atoms with Crippen molar-refractivity contribution in [3.8, 4) is 0 Å². The molecule has 0 spiro atoms. The van der Waals surface area contributed by atoms with Crippen molar-refractivity contribution in [2.24, 2.45) is 0 Å². The topological polar surface area (TPSA) is 15.3 Å². The largest absolute Gasteiger partial charge is 0.371 e. The van der Waals surface area contributed by atoms with Crippen LogP contribution in [0.25, 0.3) is 0 Å². The van der Waals surface area contributed by atoms with E-state index in [9.17, 15) is 0 Å². The lowest BCUT2D eigenvalue weighted by atomic mass is 10.1. The Balaban J connectivity index is 2.04. The lowest BCUT2D eigenvalue weighted by Gasteiger charge is -2.30. The van der Waals surface area contributed by atoms with Crippen molar-refractivity contribution in [2.45, 2.75) is 71.0 Å². The van der Waals surface area contributed by atoms with Gasteiger partial charge in [-0.25, -0.2) is 0 Å². The maximum atomic E-state index is 3.77. The van der Waals surface area contributed by atoms with Gasteiger partial charge in [0.1, 0.15) is 0 Å². The van der Waals surface area contributed by atoms with Gasteiger partial charge in [-0.1, -0.05) is 45.6 Å². The van der Waals surface area contributed by atoms with Crippen LogP contribution < -0.4 is 10.2 Å². The van der Waals surface area contributed by atoms with Gasteiger partial charge in [0.05, 0.1) is 5.69 Å². The molecule has 118 valence electrons. The molecule has 1 fully saturated rings. The number of benzene rings is 1. The number of nitrogens with zero attached hydrogens (tertiary/aromatic N) is 1. The Bertz CT molecular complexity index is 437. The first-order valence-electron chi connectivity index (χ1n) is 8.32. The minimum Gasteiger partial charge on any atom is -0.371 e. The summed E-state index contributed by atoms with van der Waals surface area (Å²) in [5.41, 5.74) is 2.67. The summed E-state index contributed by atoms with van der Waals surface area (Å²) in [6.07, 6.45) is 8.24. The van der Waals surface area contributed by atoms with Crippen molar-refractivity contribution in [3.05, 3.63) is 28.2 Å². The third-order valence-corrected chi connectivity index (χ3v) is 5.11. The van der Waals surface area contributed by atoms with Crippen molar-refractivity contribution in [1.29, 1.82) is 0 Å². The second-order valence-corrected chi connectivity index (χ2v) is 7.43. The first-order chi connectivity index (χ1) is 10.1. The fourth-order valence-electron chi connectivity index (χ4n) is 3.11. The van der Waals surface area contributed by atoms with E-state index in [0.717, 1.165) is 6.54 Å². The molecule has 0 atom stereocenters. The average molecular weight is 353 g/mol. The Morgan fingerprint density at radius 2 is 1.86 bits per heavy atom. The SMILES string of the molecule is CC(C)NCc1ccc(N(C)C2CCCCCC2)c(Br)c1. The fourth-order valence-corrected chi connectivity index (χ4v) is 3.82. The molecule has 1 aromatic carbocycles. The van der Waals surface area contributed by atoms with Gasteiger partial charge in [0, 0.05) is 30.1 Å². The first kappa shape index (κ1) is 16.8. The smallest absolute Gasteiger partial charge is 0.0510 e. The molecule has 0 heterocycles. The van der Waals surface area contributed by atoms with Crippen LogP contribution in [0.5, 0.6) is 0 Å². The molecule has 1 saturated carbocycles. The maximum absolute atomic E-state index is 3.77. The summed E-state index contributed by atoms with van der Waals surface area (Å²) in [4.78, 5) is 2.48. The molecule has 1 aliphatic rings. The first-order valence-corrected chi connectivity index (χ1v) is 9.12. The van der Waals surface area contributed by atoms with E-state index in [2.05, 4.69) is 65.2 Å². The summed E-state index contributed by atoms with van der Waals surface area (Å²) >= 11 is 3.77. The van der Waals surface area contributed by atoms with Crippen LogP contribution in [0.2, 0.25) is 0 Å². The lowest BCUT2D eigenvalue weighted by molar-refractivity contribution is 0.552. The monoisotopic (exact) mass is 352 g/mol. The van der Waals surface area contributed by atoms with E-state index in [0.29, 0.717) is 12.1 Å². The van der Waals surface area contributed by atoms with Gasteiger partial charge in [0.15, 0.2) is 0 Å². The molecule has 0 aromatic heterocycles. The molecule has 0 bridgehead atoms. The number of halogens is 1. The van der Waals surface area contributed by atoms with Gasteiger partial charge in [0.25, 0.3) is 0 Å². The molecule has 2 rings (SSSR count). The minimum absolute atomic E-state index is 0.525. The predicted molar refractivity (Wildman–Crippen MR) is 96.0 cm³/mol. The highest BCUT2D eigenvalue weighted by molar-refractivity contribution is 9.10. The Hall–Kier alpha value is -0.540. The summed E-state index contributed by atoms with van der Waals surface area (Å²) in [5, 5.41) is 3.47. The normalized spacial score (nSPS) is 17.0. The van der Waals surface area contributed by atoms with E-state index in [1.54, 1.807) is 0 Å². The van der Waals surface area contributed by atoms with E-state index in [4.69, 9.17) is 0 Å². The molecule has 21 heavy (non-hydrogen) atoms. The molecule has 2 nitrogen and oxygen atoms in total. The third-order valence-electron chi connectivity index (χ3n) is 4.48. The standard InChI is InChI=1S/C18H29BrN2/c1-14(2)20-13-15-10-11-18(17(19)12-15)21(3)16-8-6-4-5-7-9-16/h10-12,14,16,20H,4-9,13H2,1-3H3. The molecule has 0 saturated heterocycles. The number of hydrogen-bond donors (Lipinski definition) is 1. The van der Waals surface area contributed by atoms with Crippen molar-refractivity contribution < 1.29 is 0 Å². The molecule has 1 aliphatic carbocycles. The van der Waals surface area contributed by atoms with E-state index in [1.807, 2.05) is 0 Å². The zero-order chi connectivity index (χ0) is 15.2. The highest BCUT2D eigenvalue weighted by atomic mass is 79.9. The van der Waals surface area contributed by atoms with Crippen LogP contribution in [0.1, 0.15) is 57.9 Å². The quantitative estimate of drug-likeness (QED) is 0.741. The third kappa shape index (κ3) is 5.00. The van der Waals surface area contributed by atoms with Crippen LogP contribution in [0.15, 0.2) is 22.7 Å². The second kappa shape index (κ2) is 8.19. The van der Waals surface area contributed by atoms with Gasteiger partial charge in [0.2, 0.25) is 0 Å². The van der Waals surface area contributed by atoms with Crippen LogP contribution in [0.4, 0.5) is 5.69 Å². The highest BCUT2D eigenvalue weighted by Crippen LogP contribution is 2.31. The number of anilines is 1. The predicted octanol–water partition coefficient (Wildman–Crippen LogP) is 5.11. The number of nitrogens with one attached hydrogen (secondary N) is 1. The molecule has 1 N–H and O–H groups in total. The summed E-state index contributed by atoms with van der Waals surface area (Å²) in [6.45, 7) is 5.30. The van der Waals surface area contributed by atoms with Crippen LogP contribution >= 0.6 is 15.9 Å². The Kier molecular flexibility index (Phi) is 6.56. The van der Waals surface area contributed by atoms with E-state index in [-0.39, 0.29) is 0 Å². The van der Waals surface area contributed by atoms with E-state index < -0.39 is 0 Å². The van der Waals surface area contributed by atoms with Gasteiger partial charge in [-0.05, 0) is 46.5 Å². The molecular formula is C18H29BrN2. The Labute approximate surface area is 138 Å². The highest BCUT2D eigenvalue weighted by Gasteiger charge is 2.18. The van der Waals surface area contributed by atoms with Crippen molar-refractivity contribution in [3.63, 3.8) is 0 Å². The van der Waals surface area contributed by atoms with Crippen LogP contribution in [-0.2, 0) is 6.54 Å². The van der Waals surface area contributed by atoms with Crippen molar-refractivity contribution in [1.82, 2.24) is 5.32 Å². The molecule has 1 aromatic rings. The number of rotatable bonds is 5. The van der Waals surface area contributed by atoms with Crippen LogP contribution in [0.3, 0.4) is 0 Å². The average Bonchev–Trinajstić information content (AvgIpc) is 2.73. The van der Waals surface area contributed by atoms with Crippen molar-refractivity contribution >= 4 is 21.6 Å². The molecule has 0 amide bonds.